The molecule has 4 aromatic carbocycles. The molecule has 6 aromatic rings. The molecule has 6 rings (SSSR count). The van der Waals surface area contributed by atoms with Crippen molar-refractivity contribution in [2.45, 2.75) is 5.51 Å². The van der Waals surface area contributed by atoms with E-state index in [2.05, 4.69) is 4.18 Å². The second-order valence-corrected chi connectivity index (χ2v) is 9.67. The molecule has 0 N–H and O–H groups in total. The monoisotopic (exact) mass is 493 g/mol. The maximum Gasteiger partial charge on any atom is 0.534 e. The summed E-state index contributed by atoms with van der Waals surface area (Å²) >= 11 is 0. The van der Waals surface area contributed by atoms with Crippen molar-refractivity contribution in [3.63, 3.8) is 0 Å². The molecule has 0 spiro atoms. The first-order valence-corrected chi connectivity index (χ1v) is 11.9. The highest BCUT2D eigenvalue weighted by Crippen LogP contribution is 2.37. The van der Waals surface area contributed by atoms with Gasteiger partial charge in [-0.3, -0.25) is 9.20 Å². The minimum absolute atomic E-state index is 0.283. The third kappa shape index (κ3) is 3.15. The van der Waals surface area contributed by atoms with Crippen LogP contribution in [0.3, 0.4) is 0 Å². The van der Waals surface area contributed by atoms with Crippen LogP contribution in [0.2, 0.25) is 0 Å². The number of fused-ring (bicyclic) bond motifs is 5. The number of pyridine rings is 1. The molecule has 0 saturated heterocycles. The highest BCUT2D eigenvalue weighted by atomic mass is 32.2. The van der Waals surface area contributed by atoms with Crippen molar-refractivity contribution in [2.24, 2.45) is 0 Å². The Morgan fingerprint density at radius 2 is 1.40 bits per heavy atom. The van der Waals surface area contributed by atoms with E-state index in [1.807, 2.05) is 48.5 Å². The lowest BCUT2D eigenvalue weighted by atomic mass is 9.99. The fourth-order valence-corrected chi connectivity index (χ4v) is 5.04. The summed E-state index contributed by atoms with van der Waals surface area (Å²) in [7, 11) is -5.83. The van der Waals surface area contributed by atoms with Crippen molar-refractivity contribution in [1.82, 2.24) is 4.40 Å². The van der Waals surface area contributed by atoms with E-state index in [-0.39, 0.29) is 5.56 Å². The van der Waals surface area contributed by atoms with Crippen LogP contribution in [0.5, 0.6) is 5.75 Å². The van der Waals surface area contributed by atoms with Gasteiger partial charge >= 0.3 is 15.6 Å². The zero-order chi connectivity index (χ0) is 24.5. The molecule has 35 heavy (non-hydrogen) atoms. The summed E-state index contributed by atoms with van der Waals surface area (Å²) in [6.07, 6.45) is 0. The van der Waals surface area contributed by atoms with Gasteiger partial charge in [0, 0.05) is 21.5 Å². The van der Waals surface area contributed by atoms with Crippen LogP contribution >= 0.6 is 0 Å². The Bertz CT molecular complexity index is 1950. The van der Waals surface area contributed by atoms with Gasteiger partial charge in [0.05, 0.1) is 11.0 Å². The first kappa shape index (κ1) is 21.4. The number of nitrogens with zero attached hydrogens (tertiary/aromatic N) is 1. The van der Waals surface area contributed by atoms with Crippen LogP contribution in [0, 0.1) is 0 Å². The number of rotatable bonds is 3. The molecule has 0 radical (unpaired) electrons. The molecule has 0 aliphatic heterocycles. The molecule has 0 aliphatic rings. The number of para-hydroxylation sites is 1. The normalized spacial score (nSPS) is 12.8. The van der Waals surface area contributed by atoms with Crippen LogP contribution in [-0.4, -0.2) is 18.3 Å². The molecule has 174 valence electrons. The Labute approximate surface area is 196 Å². The molecule has 9 heteroatoms. The maximum atomic E-state index is 13.5. The average Bonchev–Trinajstić information content (AvgIpc) is 3.16. The molecule has 0 unspecified atom stereocenters. The van der Waals surface area contributed by atoms with Crippen LogP contribution in [0.4, 0.5) is 13.2 Å². The number of hydrogen-bond acceptors (Lipinski definition) is 4. The Morgan fingerprint density at radius 3 is 2.11 bits per heavy atom. The molecule has 0 aliphatic carbocycles. The fraction of sp³-hybridized carbons (Fsp3) is 0.0385. The molecule has 0 saturated carbocycles. The van der Waals surface area contributed by atoms with E-state index < -0.39 is 21.4 Å². The molecular weight excluding hydrogens is 479 g/mol. The van der Waals surface area contributed by atoms with Gasteiger partial charge in [-0.05, 0) is 46.8 Å². The standard InChI is InChI=1S/C26H14F3NO4S/c27-26(28,29)35(32,33)34-17-10-12-23-22(14-17)19-8-4-7-18-21-13-16(15-5-2-1-3-6-15)9-11-20(21)25(31)30(23)24(18)19/h1-14H. The van der Waals surface area contributed by atoms with Crippen molar-refractivity contribution < 1.29 is 25.8 Å². The minimum Gasteiger partial charge on any atom is -0.376 e. The Hall–Kier alpha value is -4.11. The molecule has 0 amide bonds. The van der Waals surface area contributed by atoms with Gasteiger partial charge in [-0.25, -0.2) is 0 Å². The summed E-state index contributed by atoms with van der Waals surface area (Å²) in [5.41, 5.74) is -2.87. The van der Waals surface area contributed by atoms with Gasteiger partial charge in [0.2, 0.25) is 0 Å². The van der Waals surface area contributed by atoms with Crippen LogP contribution in [0.15, 0.2) is 89.7 Å². The van der Waals surface area contributed by atoms with Gasteiger partial charge in [-0.2, -0.15) is 21.6 Å². The third-order valence-electron chi connectivity index (χ3n) is 6.10. The quantitative estimate of drug-likeness (QED) is 0.170. The zero-order valence-corrected chi connectivity index (χ0v) is 18.5. The van der Waals surface area contributed by atoms with Gasteiger partial charge in [-0.1, -0.05) is 54.6 Å². The molecule has 0 fully saturated rings. The van der Waals surface area contributed by atoms with Gasteiger partial charge in [0.25, 0.3) is 5.56 Å². The van der Waals surface area contributed by atoms with Crippen LogP contribution in [-0.2, 0) is 10.1 Å². The van der Waals surface area contributed by atoms with E-state index in [9.17, 15) is 26.4 Å². The van der Waals surface area contributed by atoms with E-state index in [4.69, 9.17) is 0 Å². The zero-order valence-electron chi connectivity index (χ0n) is 17.7. The minimum atomic E-state index is -5.83. The topological polar surface area (TPSA) is 64.9 Å². The predicted octanol–water partition coefficient (Wildman–Crippen LogP) is 6.09. The molecule has 0 bridgehead atoms. The van der Waals surface area contributed by atoms with Crippen molar-refractivity contribution in [1.29, 1.82) is 0 Å². The predicted molar refractivity (Wildman–Crippen MR) is 128 cm³/mol. The highest BCUT2D eigenvalue weighted by molar-refractivity contribution is 7.88. The molecule has 2 aromatic heterocycles. The lowest BCUT2D eigenvalue weighted by molar-refractivity contribution is -0.0500. The summed E-state index contributed by atoms with van der Waals surface area (Å²) in [4.78, 5) is 13.5. The summed E-state index contributed by atoms with van der Waals surface area (Å²) in [6, 6.07) is 24.4. The van der Waals surface area contributed by atoms with Crippen molar-refractivity contribution in [2.75, 3.05) is 0 Å². The van der Waals surface area contributed by atoms with E-state index >= 15 is 0 Å². The van der Waals surface area contributed by atoms with E-state index in [1.165, 1.54) is 16.5 Å². The number of halogens is 3. The molecule has 0 atom stereocenters. The van der Waals surface area contributed by atoms with Crippen molar-refractivity contribution in [3.05, 3.63) is 95.3 Å². The number of hydrogen-bond donors (Lipinski definition) is 0. The number of alkyl halides is 3. The van der Waals surface area contributed by atoms with Gasteiger partial charge in [-0.15, -0.1) is 0 Å². The lowest BCUT2D eigenvalue weighted by Gasteiger charge is -2.09. The fourth-order valence-electron chi connectivity index (χ4n) is 4.59. The van der Waals surface area contributed by atoms with Gasteiger partial charge in [0.15, 0.2) is 0 Å². The van der Waals surface area contributed by atoms with Gasteiger partial charge in [0.1, 0.15) is 5.75 Å². The van der Waals surface area contributed by atoms with E-state index in [0.29, 0.717) is 27.2 Å². The van der Waals surface area contributed by atoms with Crippen LogP contribution < -0.4 is 9.74 Å². The second-order valence-electron chi connectivity index (χ2n) is 8.13. The Kier molecular flexibility index (Phi) is 4.40. The summed E-state index contributed by atoms with van der Waals surface area (Å²) in [5.74, 6) is -0.491. The Balaban J connectivity index is 1.66. The van der Waals surface area contributed by atoms with Crippen molar-refractivity contribution in [3.8, 4) is 16.9 Å². The maximum absolute atomic E-state index is 13.5. The molecule has 2 heterocycles. The largest absolute Gasteiger partial charge is 0.534 e. The first-order valence-electron chi connectivity index (χ1n) is 10.5. The van der Waals surface area contributed by atoms with E-state index in [0.717, 1.165) is 28.0 Å². The average molecular weight is 493 g/mol. The first-order chi connectivity index (χ1) is 16.7. The van der Waals surface area contributed by atoms with Crippen LogP contribution in [0.25, 0.3) is 49.1 Å². The van der Waals surface area contributed by atoms with E-state index in [1.54, 1.807) is 18.2 Å². The molecule has 5 nitrogen and oxygen atoms in total. The summed E-state index contributed by atoms with van der Waals surface area (Å²) in [5, 5.41) is 3.02. The second kappa shape index (κ2) is 7.19. The number of aromatic nitrogens is 1. The van der Waals surface area contributed by atoms with Crippen molar-refractivity contribution >= 4 is 48.1 Å². The third-order valence-corrected chi connectivity index (χ3v) is 7.08. The highest BCUT2D eigenvalue weighted by Gasteiger charge is 2.48. The molecular formula is C26H14F3NO4S. The number of benzene rings is 4. The smallest absolute Gasteiger partial charge is 0.376 e. The summed E-state index contributed by atoms with van der Waals surface area (Å²) < 4.78 is 67.2. The van der Waals surface area contributed by atoms with Crippen LogP contribution in [0.1, 0.15) is 0 Å². The summed E-state index contributed by atoms with van der Waals surface area (Å²) in [6.45, 7) is 0. The Morgan fingerprint density at radius 1 is 0.686 bits per heavy atom. The SMILES string of the molecule is O=c1c2ccc(-c3ccccc3)cc2c2cccc3c4cc(OS(=O)(=O)C(F)(F)F)ccc4n1c23. The van der Waals surface area contributed by atoms with Gasteiger partial charge < -0.3 is 4.18 Å². The lowest BCUT2D eigenvalue weighted by Crippen LogP contribution is -2.28.